The van der Waals surface area contributed by atoms with Crippen molar-refractivity contribution in [2.24, 2.45) is 4.99 Å². The molecule has 0 saturated carbocycles. The zero-order chi connectivity index (χ0) is 20.5. The first-order valence-electron chi connectivity index (χ1n) is 9.58. The van der Waals surface area contributed by atoms with E-state index >= 15 is 0 Å². The molecule has 1 saturated heterocycles. The van der Waals surface area contributed by atoms with E-state index in [9.17, 15) is 4.79 Å². The Morgan fingerprint density at radius 2 is 1.83 bits per heavy atom. The van der Waals surface area contributed by atoms with Crippen molar-refractivity contribution in [2.75, 3.05) is 25.1 Å². The summed E-state index contributed by atoms with van der Waals surface area (Å²) in [7, 11) is 1.67. The molecule has 0 N–H and O–H groups in total. The molecule has 5 nitrogen and oxygen atoms in total. The minimum absolute atomic E-state index is 0.0182. The van der Waals surface area contributed by atoms with Crippen molar-refractivity contribution in [1.82, 2.24) is 4.90 Å². The summed E-state index contributed by atoms with van der Waals surface area (Å²) in [4.78, 5) is 23.8. The van der Waals surface area contributed by atoms with Crippen molar-refractivity contribution >= 4 is 46.0 Å². The molecule has 0 bridgehead atoms. The summed E-state index contributed by atoms with van der Waals surface area (Å²) in [6, 6.07) is 14.1. The molecule has 2 aliphatic rings. The second kappa shape index (κ2) is 8.16. The number of amidine groups is 1. The van der Waals surface area contributed by atoms with Crippen LogP contribution in [0.5, 0.6) is 5.75 Å². The SMILES string of the molecule is CCN1C(=O)C(=C2Sc3ccc(OC)cc3N2CC)SC1=Nc1cccc(C)c1. The van der Waals surface area contributed by atoms with Crippen LogP contribution in [0.25, 0.3) is 0 Å². The van der Waals surface area contributed by atoms with Crippen LogP contribution in [0, 0.1) is 6.92 Å². The minimum atomic E-state index is 0.0182. The van der Waals surface area contributed by atoms with E-state index in [2.05, 4.69) is 17.9 Å². The highest BCUT2D eigenvalue weighted by molar-refractivity contribution is 8.19. The van der Waals surface area contributed by atoms with E-state index in [1.165, 1.54) is 11.8 Å². The fraction of sp³-hybridized carbons (Fsp3) is 0.273. The number of ether oxygens (including phenoxy) is 1. The van der Waals surface area contributed by atoms with Crippen molar-refractivity contribution < 1.29 is 9.53 Å². The number of carbonyl (C=O) groups excluding carboxylic acids is 1. The van der Waals surface area contributed by atoms with Crippen LogP contribution in [0.15, 0.2) is 62.3 Å². The number of amides is 1. The number of likely N-dealkylation sites (N-methyl/N-ethyl adjacent to an activating group) is 1. The molecule has 0 aliphatic carbocycles. The van der Waals surface area contributed by atoms with E-state index in [4.69, 9.17) is 9.73 Å². The van der Waals surface area contributed by atoms with E-state index < -0.39 is 0 Å². The highest BCUT2D eigenvalue weighted by atomic mass is 32.2. The van der Waals surface area contributed by atoms with Gasteiger partial charge in [-0.15, -0.1) is 0 Å². The summed E-state index contributed by atoms with van der Waals surface area (Å²) in [5.74, 6) is 0.834. The summed E-state index contributed by atoms with van der Waals surface area (Å²) < 4.78 is 5.39. The molecule has 0 aromatic heterocycles. The Kier molecular flexibility index (Phi) is 5.61. The predicted molar refractivity (Wildman–Crippen MR) is 122 cm³/mol. The topological polar surface area (TPSA) is 45.1 Å². The number of fused-ring (bicyclic) bond motifs is 1. The molecule has 0 atom stereocenters. The van der Waals surface area contributed by atoms with Gasteiger partial charge in [-0.05, 0) is 62.4 Å². The van der Waals surface area contributed by atoms with Crippen molar-refractivity contribution in [3.8, 4) is 5.75 Å². The molecule has 1 amide bonds. The number of methoxy groups -OCH3 is 1. The number of thioether (sulfide) groups is 2. The monoisotopic (exact) mass is 425 g/mol. The molecular formula is C22H23N3O2S2. The lowest BCUT2D eigenvalue weighted by Crippen LogP contribution is -2.29. The summed E-state index contributed by atoms with van der Waals surface area (Å²) in [6.07, 6.45) is 0. The smallest absolute Gasteiger partial charge is 0.269 e. The predicted octanol–water partition coefficient (Wildman–Crippen LogP) is 5.39. The zero-order valence-corrected chi connectivity index (χ0v) is 18.6. The van der Waals surface area contributed by atoms with Gasteiger partial charge in [-0.1, -0.05) is 23.9 Å². The molecule has 2 aromatic carbocycles. The second-order valence-corrected chi connectivity index (χ2v) is 8.71. The lowest BCUT2D eigenvalue weighted by molar-refractivity contribution is -0.122. The third-order valence-electron chi connectivity index (χ3n) is 4.83. The molecule has 150 valence electrons. The van der Waals surface area contributed by atoms with Gasteiger partial charge in [0.15, 0.2) is 5.17 Å². The van der Waals surface area contributed by atoms with Gasteiger partial charge in [-0.3, -0.25) is 9.69 Å². The number of rotatable bonds is 4. The summed E-state index contributed by atoms with van der Waals surface area (Å²) >= 11 is 3.10. The van der Waals surface area contributed by atoms with Gasteiger partial charge in [-0.25, -0.2) is 4.99 Å². The maximum Gasteiger partial charge on any atom is 0.269 e. The number of aliphatic imine (C=N–C) groups is 1. The number of nitrogens with zero attached hydrogens (tertiary/aromatic N) is 3. The van der Waals surface area contributed by atoms with E-state index in [1.54, 1.807) is 23.8 Å². The highest BCUT2D eigenvalue weighted by Gasteiger charge is 2.39. The van der Waals surface area contributed by atoms with E-state index in [1.807, 2.05) is 50.2 Å². The maximum absolute atomic E-state index is 13.2. The van der Waals surface area contributed by atoms with Gasteiger partial charge in [0.25, 0.3) is 5.91 Å². The van der Waals surface area contributed by atoms with E-state index in [-0.39, 0.29) is 5.91 Å². The maximum atomic E-state index is 13.2. The third-order valence-corrected chi connectivity index (χ3v) is 7.20. The number of hydrogen-bond donors (Lipinski definition) is 0. The van der Waals surface area contributed by atoms with Gasteiger partial charge < -0.3 is 9.64 Å². The largest absolute Gasteiger partial charge is 0.497 e. The Labute approximate surface area is 179 Å². The van der Waals surface area contributed by atoms with Crippen molar-refractivity contribution in [2.45, 2.75) is 25.7 Å². The lowest BCUT2D eigenvalue weighted by atomic mass is 10.2. The molecule has 0 spiro atoms. The number of carbonyl (C=O) groups is 1. The number of hydrogen-bond acceptors (Lipinski definition) is 6. The molecule has 4 rings (SSSR count). The quantitative estimate of drug-likeness (QED) is 0.615. The first-order chi connectivity index (χ1) is 14.0. The Morgan fingerprint density at radius 3 is 2.52 bits per heavy atom. The van der Waals surface area contributed by atoms with Gasteiger partial charge in [0.05, 0.1) is 18.5 Å². The standard InChI is InChI=1S/C22H23N3O2S2/c1-5-24-17-13-16(27-4)10-11-18(17)28-21(24)19-20(26)25(6-2)22(29-19)23-15-9-7-8-14(3)12-15/h7-13H,5-6H2,1-4H3. The van der Waals surface area contributed by atoms with Crippen molar-refractivity contribution in [3.05, 3.63) is 58.0 Å². The van der Waals surface area contributed by atoms with Gasteiger partial charge in [0.2, 0.25) is 0 Å². The molecule has 1 fully saturated rings. The molecule has 2 aromatic rings. The van der Waals surface area contributed by atoms with Crippen LogP contribution in [-0.4, -0.2) is 36.2 Å². The minimum Gasteiger partial charge on any atom is -0.497 e. The molecule has 0 radical (unpaired) electrons. The van der Waals surface area contributed by atoms with E-state index in [0.717, 1.165) is 49.2 Å². The third kappa shape index (κ3) is 3.65. The average Bonchev–Trinajstić information content (AvgIpc) is 3.23. The van der Waals surface area contributed by atoms with Crippen LogP contribution in [0.4, 0.5) is 11.4 Å². The Hall–Kier alpha value is -2.38. The Balaban J connectivity index is 1.74. The first kappa shape index (κ1) is 19.9. The lowest BCUT2D eigenvalue weighted by Gasteiger charge is -2.19. The molecule has 7 heteroatoms. The number of aryl methyl sites for hydroxylation is 1. The average molecular weight is 426 g/mol. The van der Waals surface area contributed by atoms with Gasteiger partial charge in [0.1, 0.15) is 15.7 Å². The second-order valence-electron chi connectivity index (χ2n) is 6.70. The Morgan fingerprint density at radius 1 is 1.03 bits per heavy atom. The van der Waals surface area contributed by atoms with Crippen molar-refractivity contribution in [1.29, 1.82) is 0 Å². The number of anilines is 1. The molecule has 29 heavy (non-hydrogen) atoms. The fourth-order valence-corrected chi connectivity index (χ4v) is 5.81. The summed E-state index contributed by atoms with van der Waals surface area (Å²) in [5, 5.41) is 1.70. The van der Waals surface area contributed by atoms with E-state index in [0.29, 0.717) is 6.54 Å². The van der Waals surface area contributed by atoms with Crippen molar-refractivity contribution in [3.63, 3.8) is 0 Å². The molecule has 0 unspecified atom stereocenters. The normalized spacial score (nSPS) is 20.0. The molecule has 2 heterocycles. The summed E-state index contributed by atoms with van der Waals surface area (Å²) in [5.41, 5.74) is 3.10. The Bertz CT molecular complexity index is 1030. The van der Waals surface area contributed by atoms with Crippen LogP contribution in [0.2, 0.25) is 0 Å². The van der Waals surface area contributed by atoms with Crippen LogP contribution >= 0.6 is 23.5 Å². The van der Waals surface area contributed by atoms with Crippen LogP contribution in [0.1, 0.15) is 19.4 Å². The molecular weight excluding hydrogens is 402 g/mol. The first-order valence-corrected chi connectivity index (χ1v) is 11.2. The van der Waals surface area contributed by atoms with Gasteiger partial charge in [0, 0.05) is 24.1 Å². The van der Waals surface area contributed by atoms with Crippen LogP contribution < -0.4 is 9.64 Å². The van der Waals surface area contributed by atoms with Crippen LogP contribution in [0.3, 0.4) is 0 Å². The molecule has 2 aliphatic heterocycles. The zero-order valence-electron chi connectivity index (χ0n) is 16.9. The summed E-state index contributed by atoms with van der Waals surface area (Å²) in [6.45, 7) is 7.48. The number of benzene rings is 2. The van der Waals surface area contributed by atoms with Crippen LogP contribution in [-0.2, 0) is 4.79 Å². The van der Waals surface area contributed by atoms with Gasteiger partial charge >= 0.3 is 0 Å². The fourth-order valence-electron chi connectivity index (χ4n) is 3.38. The van der Waals surface area contributed by atoms with Gasteiger partial charge in [-0.2, -0.15) is 0 Å². The highest BCUT2D eigenvalue weighted by Crippen LogP contribution is 2.51.